The van der Waals surface area contributed by atoms with E-state index in [4.69, 9.17) is 10.7 Å². The molecule has 0 radical (unpaired) electrons. The number of halogens is 1. The number of nitrogens with one attached hydrogen (secondary N) is 1. The molecule has 9 heteroatoms. The van der Waals surface area contributed by atoms with Crippen molar-refractivity contribution in [1.29, 1.82) is 0 Å². The van der Waals surface area contributed by atoms with Crippen LogP contribution in [-0.4, -0.2) is 82.9 Å². The van der Waals surface area contributed by atoms with Crippen molar-refractivity contribution in [1.82, 2.24) is 14.7 Å². The van der Waals surface area contributed by atoms with Crippen molar-refractivity contribution in [3.8, 4) is 0 Å². The van der Waals surface area contributed by atoms with Crippen LogP contribution in [0, 0.1) is 5.92 Å². The number of benzene rings is 1. The van der Waals surface area contributed by atoms with E-state index in [1.165, 1.54) is 5.57 Å². The Morgan fingerprint density at radius 2 is 1.85 bits per heavy atom. The number of rotatable bonds is 12. The number of carbonyl (C=O) groups excluding carboxylic acids is 2. The summed E-state index contributed by atoms with van der Waals surface area (Å²) in [5.41, 5.74) is 8.73. The SMILES string of the molecule is C=C(C)C(F)(CCC)CCC(=O)N1CC=C(C2=CC=CN3C2=NC(Nc2ccc(C(=O)N4CCC(CN)CC4)cc2)C3CC)CC1. The third-order valence-corrected chi connectivity index (χ3v) is 10.1. The molecule has 8 nitrogen and oxygen atoms in total. The molecule has 1 fully saturated rings. The first-order valence-corrected chi connectivity index (χ1v) is 17.1. The van der Waals surface area contributed by atoms with Gasteiger partial charge in [-0.25, -0.2) is 9.38 Å². The van der Waals surface area contributed by atoms with Crippen LogP contribution in [-0.2, 0) is 4.79 Å². The maximum Gasteiger partial charge on any atom is 0.253 e. The molecule has 4 aliphatic heterocycles. The highest BCUT2D eigenvalue weighted by Crippen LogP contribution is 2.34. The minimum atomic E-state index is -1.48. The van der Waals surface area contributed by atoms with Crippen LogP contribution in [0.15, 0.2) is 77.0 Å². The van der Waals surface area contributed by atoms with Gasteiger partial charge < -0.3 is 25.8 Å². The van der Waals surface area contributed by atoms with E-state index in [0.717, 1.165) is 62.3 Å². The van der Waals surface area contributed by atoms with E-state index in [2.05, 4.69) is 48.1 Å². The van der Waals surface area contributed by atoms with Crippen LogP contribution in [0.4, 0.5) is 10.1 Å². The first-order chi connectivity index (χ1) is 22.2. The fourth-order valence-electron chi connectivity index (χ4n) is 7.07. The number of likely N-dealkylation sites (tertiary alicyclic amines) is 1. The molecule has 46 heavy (non-hydrogen) atoms. The summed E-state index contributed by atoms with van der Waals surface area (Å²) in [5.74, 6) is 1.52. The van der Waals surface area contributed by atoms with Crippen LogP contribution in [0.5, 0.6) is 0 Å². The average Bonchev–Trinajstić information content (AvgIpc) is 3.44. The number of amides is 2. The second kappa shape index (κ2) is 14.8. The standard InChI is InChI=1S/C37H51FN6O2/c1-5-18-37(38,26(3)4)19-13-33(45)42-23-16-28(17-24-42)31-8-7-20-44-32(6-2)34(41-35(31)44)40-30-11-9-29(10-12-30)36(46)43-21-14-27(25-39)15-22-43/h7-12,16,20,27,32,34,40H,3,5-6,13-15,17-19,21-25,39H2,1-2,4H3. The third-order valence-electron chi connectivity index (χ3n) is 10.1. The molecular formula is C37H51FN6O2. The number of fused-ring (bicyclic) bond motifs is 1. The quantitative estimate of drug-likeness (QED) is 0.268. The molecule has 4 aliphatic rings. The van der Waals surface area contributed by atoms with Crippen LogP contribution in [0.3, 0.4) is 0 Å². The van der Waals surface area contributed by atoms with Gasteiger partial charge in [-0.15, -0.1) is 0 Å². The van der Waals surface area contributed by atoms with E-state index in [1.54, 1.807) is 6.92 Å². The average molecular weight is 631 g/mol. The molecule has 4 heterocycles. The highest BCUT2D eigenvalue weighted by atomic mass is 19.1. The molecule has 2 amide bonds. The second-order valence-electron chi connectivity index (χ2n) is 13.2. The Kier molecular flexibility index (Phi) is 10.8. The predicted molar refractivity (Wildman–Crippen MR) is 184 cm³/mol. The fourth-order valence-corrected chi connectivity index (χ4v) is 7.07. The Morgan fingerprint density at radius 1 is 1.11 bits per heavy atom. The van der Waals surface area contributed by atoms with E-state index in [1.807, 2.05) is 41.0 Å². The van der Waals surface area contributed by atoms with Crippen molar-refractivity contribution < 1.29 is 14.0 Å². The van der Waals surface area contributed by atoms with E-state index in [0.29, 0.717) is 43.1 Å². The highest BCUT2D eigenvalue weighted by Gasteiger charge is 2.38. The number of hydrogen-bond donors (Lipinski definition) is 2. The van der Waals surface area contributed by atoms with Crippen LogP contribution in [0.1, 0.15) is 82.5 Å². The largest absolute Gasteiger partial charge is 0.362 e. The number of hydrogen-bond acceptors (Lipinski definition) is 6. The number of alkyl halides is 1. The first-order valence-electron chi connectivity index (χ1n) is 17.1. The van der Waals surface area contributed by atoms with Crippen LogP contribution in [0.2, 0.25) is 0 Å². The van der Waals surface area contributed by atoms with Crippen LogP contribution < -0.4 is 11.1 Å². The summed E-state index contributed by atoms with van der Waals surface area (Å²) in [5, 5.41) is 3.61. The molecule has 1 aromatic rings. The Morgan fingerprint density at radius 3 is 2.46 bits per heavy atom. The van der Waals surface area contributed by atoms with E-state index in [9.17, 15) is 9.59 Å². The number of nitrogens with zero attached hydrogens (tertiary/aromatic N) is 4. The number of allylic oxidation sites excluding steroid dienone is 3. The summed E-state index contributed by atoms with van der Waals surface area (Å²) < 4.78 is 15.3. The lowest BCUT2D eigenvalue weighted by molar-refractivity contribution is -0.131. The molecule has 248 valence electrons. The van der Waals surface area contributed by atoms with Crippen molar-refractivity contribution in [2.75, 3.05) is 38.0 Å². The van der Waals surface area contributed by atoms with Gasteiger partial charge in [0.05, 0.1) is 6.04 Å². The third kappa shape index (κ3) is 7.30. The summed E-state index contributed by atoms with van der Waals surface area (Å²) in [6.45, 7) is 13.0. The Hall–Kier alpha value is -3.72. The van der Waals surface area contributed by atoms with Gasteiger partial charge in [0.25, 0.3) is 5.91 Å². The fraction of sp³-hybridized carbons (Fsp3) is 0.541. The Bertz CT molecular complexity index is 1410. The zero-order valence-corrected chi connectivity index (χ0v) is 27.8. The van der Waals surface area contributed by atoms with Gasteiger partial charge in [-0.1, -0.05) is 32.9 Å². The number of nitrogens with two attached hydrogens (primary N) is 1. The molecule has 3 N–H and O–H groups in total. The lowest BCUT2D eigenvalue weighted by atomic mass is 9.88. The summed E-state index contributed by atoms with van der Waals surface area (Å²) in [6, 6.07) is 7.88. The number of amidine groups is 1. The summed E-state index contributed by atoms with van der Waals surface area (Å²) in [4.78, 5) is 37.3. The van der Waals surface area contributed by atoms with Gasteiger partial charge in [0.15, 0.2) is 0 Å². The van der Waals surface area contributed by atoms with E-state index >= 15 is 4.39 Å². The summed E-state index contributed by atoms with van der Waals surface area (Å²) in [7, 11) is 0. The Labute approximate surface area is 274 Å². The zero-order valence-electron chi connectivity index (χ0n) is 27.8. The van der Waals surface area contributed by atoms with Gasteiger partial charge in [0, 0.05) is 55.6 Å². The Balaban J connectivity index is 1.21. The smallest absolute Gasteiger partial charge is 0.253 e. The number of anilines is 1. The van der Waals surface area contributed by atoms with Crippen LogP contribution >= 0.6 is 0 Å². The maximum absolute atomic E-state index is 15.3. The molecule has 0 aliphatic carbocycles. The molecule has 0 aromatic heterocycles. The normalized spacial score (nSPS) is 22.9. The predicted octanol–water partition coefficient (Wildman–Crippen LogP) is 6.21. The van der Waals surface area contributed by atoms with Gasteiger partial charge in [-0.3, -0.25) is 9.59 Å². The van der Waals surface area contributed by atoms with Crippen molar-refractivity contribution in [2.24, 2.45) is 16.6 Å². The number of aliphatic imine (C=N–C) groups is 1. The molecule has 5 rings (SSSR count). The van der Waals surface area contributed by atoms with Crippen molar-refractivity contribution in [3.63, 3.8) is 0 Å². The van der Waals surface area contributed by atoms with Crippen molar-refractivity contribution >= 4 is 23.3 Å². The van der Waals surface area contributed by atoms with Crippen molar-refractivity contribution in [3.05, 3.63) is 77.6 Å². The monoisotopic (exact) mass is 630 g/mol. The van der Waals surface area contributed by atoms with E-state index in [-0.39, 0.29) is 36.9 Å². The molecule has 1 saturated heterocycles. The maximum atomic E-state index is 15.3. The summed E-state index contributed by atoms with van der Waals surface area (Å²) in [6.07, 6.45) is 13.3. The minimum Gasteiger partial charge on any atom is -0.362 e. The molecule has 0 bridgehead atoms. The van der Waals surface area contributed by atoms with Gasteiger partial charge in [0.1, 0.15) is 17.7 Å². The molecule has 3 unspecified atom stereocenters. The molecule has 1 aromatic carbocycles. The molecule has 0 spiro atoms. The lowest BCUT2D eigenvalue weighted by Gasteiger charge is -2.32. The minimum absolute atomic E-state index is 0.00813. The van der Waals surface area contributed by atoms with Gasteiger partial charge in [-0.2, -0.15) is 0 Å². The number of piperidine rings is 1. The topological polar surface area (TPSA) is 94.3 Å². The highest BCUT2D eigenvalue weighted by molar-refractivity contribution is 6.05. The second-order valence-corrected chi connectivity index (χ2v) is 13.2. The van der Waals surface area contributed by atoms with Gasteiger partial charge in [-0.05, 0) is 105 Å². The molecular weight excluding hydrogens is 579 g/mol. The summed E-state index contributed by atoms with van der Waals surface area (Å²) >= 11 is 0. The molecule has 3 atom stereocenters. The van der Waals surface area contributed by atoms with Gasteiger partial charge in [0.2, 0.25) is 5.91 Å². The zero-order chi connectivity index (χ0) is 32.8. The van der Waals surface area contributed by atoms with E-state index < -0.39 is 5.67 Å². The van der Waals surface area contributed by atoms with Crippen LogP contribution in [0.25, 0.3) is 0 Å². The van der Waals surface area contributed by atoms with Crippen molar-refractivity contribution in [2.45, 2.75) is 90.0 Å². The number of carbonyl (C=O) groups is 2. The first kappa shape index (κ1) is 33.6. The lowest BCUT2D eigenvalue weighted by Crippen LogP contribution is -2.40. The molecule has 0 saturated carbocycles. The van der Waals surface area contributed by atoms with Gasteiger partial charge >= 0.3 is 0 Å².